The van der Waals surface area contributed by atoms with Gasteiger partial charge in [-0.1, -0.05) is 18.5 Å². The molecule has 1 unspecified atom stereocenters. The number of rotatable bonds is 8. The van der Waals surface area contributed by atoms with Crippen LogP contribution in [0.4, 0.5) is 0 Å². The Morgan fingerprint density at radius 2 is 2.10 bits per heavy atom. The molecule has 0 saturated carbocycles. The summed E-state index contributed by atoms with van der Waals surface area (Å²) in [7, 11) is 1.48. The van der Waals surface area contributed by atoms with Crippen molar-refractivity contribution in [3.8, 4) is 5.75 Å². The number of aliphatic carboxylic acids is 1. The highest BCUT2D eigenvalue weighted by molar-refractivity contribution is 6.30. The second-order valence-corrected chi connectivity index (χ2v) is 5.36. The van der Waals surface area contributed by atoms with Gasteiger partial charge in [-0.25, -0.2) is 0 Å². The minimum Gasteiger partial charge on any atom is -0.496 e. The second-order valence-electron chi connectivity index (χ2n) is 4.93. The lowest BCUT2D eigenvalue weighted by Gasteiger charge is -2.12. The van der Waals surface area contributed by atoms with Crippen LogP contribution in [0.3, 0.4) is 0 Å². The van der Waals surface area contributed by atoms with Crippen LogP contribution < -0.4 is 10.1 Å². The summed E-state index contributed by atoms with van der Waals surface area (Å²) in [6, 6.07) is 4.84. The number of nitrogens with one attached hydrogen (secondary N) is 1. The first-order chi connectivity index (χ1) is 9.93. The van der Waals surface area contributed by atoms with E-state index in [1.165, 1.54) is 7.11 Å². The zero-order valence-electron chi connectivity index (χ0n) is 12.2. The third-order valence-corrected chi connectivity index (χ3v) is 3.42. The number of methoxy groups -OCH3 is 1. The Kier molecular flexibility index (Phi) is 7.02. The minimum atomic E-state index is -0.795. The van der Waals surface area contributed by atoms with Crippen LogP contribution in [0.5, 0.6) is 5.75 Å². The SMILES string of the molecule is COc1cc(Cl)ccc1C(=O)NCCC(C)CCC(=O)O. The lowest BCUT2D eigenvalue weighted by Crippen LogP contribution is -2.26. The van der Waals surface area contributed by atoms with E-state index in [0.717, 1.165) is 6.42 Å². The number of carbonyl (C=O) groups excluding carboxylic acids is 1. The fourth-order valence-corrected chi connectivity index (χ4v) is 2.06. The number of ether oxygens (including phenoxy) is 1. The van der Waals surface area contributed by atoms with Gasteiger partial charge in [-0.3, -0.25) is 9.59 Å². The van der Waals surface area contributed by atoms with Crippen molar-refractivity contribution < 1.29 is 19.4 Å². The normalized spacial score (nSPS) is 11.8. The van der Waals surface area contributed by atoms with Gasteiger partial charge >= 0.3 is 5.97 Å². The highest BCUT2D eigenvalue weighted by Crippen LogP contribution is 2.23. The third-order valence-electron chi connectivity index (χ3n) is 3.18. The molecule has 0 bridgehead atoms. The van der Waals surface area contributed by atoms with E-state index in [1.54, 1.807) is 18.2 Å². The summed E-state index contributed by atoms with van der Waals surface area (Å²) in [5, 5.41) is 11.9. The second kappa shape index (κ2) is 8.52. The molecule has 0 aliphatic rings. The van der Waals surface area contributed by atoms with Gasteiger partial charge < -0.3 is 15.2 Å². The maximum Gasteiger partial charge on any atom is 0.303 e. The number of hydrogen-bond donors (Lipinski definition) is 2. The molecule has 1 atom stereocenters. The molecule has 0 fully saturated rings. The molecular weight excluding hydrogens is 294 g/mol. The summed E-state index contributed by atoms with van der Waals surface area (Å²) in [4.78, 5) is 22.5. The molecule has 2 N–H and O–H groups in total. The number of hydrogen-bond acceptors (Lipinski definition) is 3. The zero-order valence-corrected chi connectivity index (χ0v) is 12.9. The molecule has 1 aromatic rings. The Morgan fingerprint density at radius 1 is 1.38 bits per heavy atom. The Hall–Kier alpha value is -1.75. The number of carboxylic acid groups (broad SMARTS) is 1. The largest absolute Gasteiger partial charge is 0.496 e. The first-order valence-electron chi connectivity index (χ1n) is 6.77. The standard InChI is InChI=1S/C15H20ClNO4/c1-10(3-6-14(18)19)7-8-17-15(20)12-5-4-11(16)9-13(12)21-2/h4-5,9-10H,3,6-8H2,1-2H3,(H,17,20)(H,18,19). The predicted octanol–water partition coefficient (Wildman–Crippen LogP) is 2.97. The monoisotopic (exact) mass is 313 g/mol. The molecule has 1 aromatic carbocycles. The van der Waals surface area contributed by atoms with E-state index in [1.807, 2.05) is 6.92 Å². The van der Waals surface area contributed by atoms with E-state index < -0.39 is 5.97 Å². The minimum absolute atomic E-state index is 0.153. The molecular formula is C15H20ClNO4. The molecule has 0 aromatic heterocycles. The van der Waals surface area contributed by atoms with Crippen LogP contribution in [0.2, 0.25) is 5.02 Å². The highest BCUT2D eigenvalue weighted by Gasteiger charge is 2.13. The average molecular weight is 314 g/mol. The lowest BCUT2D eigenvalue weighted by atomic mass is 10.0. The van der Waals surface area contributed by atoms with E-state index in [0.29, 0.717) is 29.3 Å². The van der Waals surface area contributed by atoms with Crippen LogP contribution in [0, 0.1) is 5.92 Å². The molecule has 6 heteroatoms. The topological polar surface area (TPSA) is 75.6 Å². The van der Waals surface area contributed by atoms with Gasteiger partial charge in [-0.05, 0) is 37.0 Å². The molecule has 116 valence electrons. The van der Waals surface area contributed by atoms with Gasteiger partial charge in [0.25, 0.3) is 5.91 Å². The lowest BCUT2D eigenvalue weighted by molar-refractivity contribution is -0.137. The first kappa shape index (κ1) is 17.3. The number of amides is 1. The smallest absolute Gasteiger partial charge is 0.303 e. The van der Waals surface area contributed by atoms with Crippen LogP contribution in [0.15, 0.2) is 18.2 Å². The van der Waals surface area contributed by atoms with E-state index in [-0.39, 0.29) is 18.2 Å². The molecule has 0 spiro atoms. The van der Waals surface area contributed by atoms with Crippen molar-refractivity contribution in [3.05, 3.63) is 28.8 Å². The summed E-state index contributed by atoms with van der Waals surface area (Å²) in [5.74, 6) is -0.349. The van der Waals surface area contributed by atoms with Gasteiger partial charge in [0.05, 0.1) is 12.7 Å². The fraction of sp³-hybridized carbons (Fsp3) is 0.467. The summed E-state index contributed by atoms with van der Waals surface area (Å²) in [6.07, 6.45) is 1.49. The van der Waals surface area contributed by atoms with Gasteiger partial charge in [-0.2, -0.15) is 0 Å². The van der Waals surface area contributed by atoms with Gasteiger partial charge in [0.1, 0.15) is 5.75 Å². The first-order valence-corrected chi connectivity index (χ1v) is 7.15. The number of carboxylic acids is 1. The van der Waals surface area contributed by atoms with Crippen LogP contribution in [0.25, 0.3) is 0 Å². The Bertz CT molecular complexity index is 504. The Balaban J connectivity index is 2.45. The zero-order chi connectivity index (χ0) is 15.8. The van der Waals surface area contributed by atoms with Crippen LogP contribution >= 0.6 is 11.6 Å². The molecule has 0 radical (unpaired) electrons. The maximum atomic E-state index is 12.1. The molecule has 21 heavy (non-hydrogen) atoms. The van der Waals surface area contributed by atoms with Crippen molar-refractivity contribution in [3.63, 3.8) is 0 Å². The van der Waals surface area contributed by atoms with Crippen molar-refractivity contribution in [1.29, 1.82) is 0 Å². The van der Waals surface area contributed by atoms with Crippen LogP contribution in [0.1, 0.15) is 36.5 Å². The number of halogens is 1. The molecule has 0 aliphatic heterocycles. The highest BCUT2D eigenvalue weighted by atomic mass is 35.5. The quantitative estimate of drug-likeness (QED) is 0.773. The van der Waals surface area contributed by atoms with E-state index >= 15 is 0 Å². The van der Waals surface area contributed by atoms with Crippen molar-refractivity contribution in [2.45, 2.75) is 26.2 Å². The number of carbonyl (C=O) groups is 2. The summed E-state index contributed by atoms with van der Waals surface area (Å²) >= 11 is 5.85. The van der Waals surface area contributed by atoms with E-state index in [9.17, 15) is 9.59 Å². The van der Waals surface area contributed by atoms with Gasteiger partial charge in [0.15, 0.2) is 0 Å². The maximum absolute atomic E-state index is 12.1. The van der Waals surface area contributed by atoms with Gasteiger partial charge in [0, 0.05) is 18.0 Å². The van der Waals surface area contributed by atoms with Crippen molar-refractivity contribution in [2.24, 2.45) is 5.92 Å². The van der Waals surface area contributed by atoms with Crippen molar-refractivity contribution in [2.75, 3.05) is 13.7 Å². The van der Waals surface area contributed by atoms with Gasteiger partial charge in [0.2, 0.25) is 0 Å². The third kappa shape index (κ3) is 6.04. The molecule has 0 heterocycles. The van der Waals surface area contributed by atoms with Crippen molar-refractivity contribution >= 4 is 23.5 Å². The van der Waals surface area contributed by atoms with E-state index in [4.69, 9.17) is 21.4 Å². The molecule has 5 nitrogen and oxygen atoms in total. The van der Waals surface area contributed by atoms with Gasteiger partial charge in [-0.15, -0.1) is 0 Å². The average Bonchev–Trinajstić information content (AvgIpc) is 2.44. The van der Waals surface area contributed by atoms with Crippen LogP contribution in [-0.2, 0) is 4.79 Å². The predicted molar refractivity (Wildman–Crippen MR) is 81.0 cm³/mol. The molecule has 0 saturated heterocycles. The fourth-order valence-electron chi connectivity index (χ4n) is 1.89. The molecule has 1 rings (SSSR count). The molecule has 0 aliphatic carbocycles. The van der Waals surface area contributed by atoms with Crippen LogP contribution in [-0.4, -0.2) is 30.6 Å². The van der Waals surface area contributed by atoms with Crippen molar-refractivity contribution in [1.82, 2.24) is 5.32 Å². The Morgan fingerprint density at radius 3 is 2.71 bits per heavy atom. The summed E-state index contributed by atoms with van der Waals surface area (Å²) in [6.45, 7) is 2.46. The Labute approximate surface area is 129 Å². The number of benzene rings is 1. The molecule has 1 amide bonds. The summed E-state index contributed by atoms with van der Waals surface area (Å²) < 4.78 is 5.13. The van der Waals surface area contributed by atoms with E-state index in [2.05, 4.69) is 5.32 Å². The summed E-state index contributed by atoms with van der Waals surface area (Å²) in [5.41, 5.74) is 0.431.